The SMILES string of the molecule is CCn1nc(C)c(-c2cccc3c(CCCOc4cc(C)c(Cl)c(C)c4)c(C)n(CCC(=O)O)c23)c1C. The van der Waals surface area contributed by atoms with Crippen molar-refractivity contribution in [1.82, 2.24) is 14.3 Å². The first-order valence-corrected chi connectivity index (χ1v) is 13.3. The fourth-order valence-corrected chi connectivity index (χ4v) is 5.54. The maximum atomic E-state index is 11.5. The number of hydrogen-bond donors (Lipinski definition) is 1. The molecule has 7 heteroatoms. The van der Waals surface area contributed by atoms with Crippen LogP contribution in [0.4, 0.5) is 0 Å². The van der Waals surface area contributed by atoms with E-state index in [0.717, 1.165) is 75.0 Å². The van der Waals surface area contributed by atoms with Crippen molar-refractivity contribution < 1.29 is 14.6 Å². The number of carboxylic acids is 1. The van der Waals surface area contributed by atoms with Gasteiger partial charge in [0, 0.05) is 46.0 Å². The van der Waals surface area contributed by atoms with Crippen LogP contribution in [0, 0.1) is 34.6 Å². The molecule has 0 amide bonds. The first kappa shape index (κ1) is 26.8. The first-order chi connectivity index (χ1) is 17.6. The van der Waals surface area contributed by atoms with E-state index in [1.54, 1.807) is 0 Å². The van der Waals surface area contributed by atoms with E-state index in [1.165, 1.54) is 10.9 Å². The molecule has 196 valence electrons. The summed E-state index contributed by atoms with van der Waals surface area (Å²) in [6, 6.07) is 10.3. The number of para-hydroxylation sites is 1. The van der Waals surface area contributed by atoms with Gasteiger partial charge in [0.25, 0.3) is 0 Å². The van der Waals surface area contributed by atoms with Crippen LogP contribution in [0.25, 0.3) is 22.0 Å². The Kier molecular flexibility index (Phi) is 7.98. The average molecular weight is 522 g/mol. The number of aromatic nitrogens is 3. The van der Waals surface area contributed by atoms with Crippen LogP contribution < -0.4 is 4.74 Å². The number of hydrogen-bond acceptors (Lipinski definition) is 3. The number of halogens is 1. The number of carboxylic acid groups (broad SMARTS) is 1. The number of ether oxygens (including phenoxy) is 1. The fourth-order valence-electron chi connectivity index (χ4n) is 5.43. The minimum Gasteiger partial charge on any atom is -0.494 e. The predicted molar refractivity (Wildman–Crippen MR) is 150 cm³/mol. The molecule has 0 bridgehead atoms. The predicted octanol–water partition coefficient (Wildman–Crippen LogP) is 7.21. The molecule has 0 atom stereocenters. The third kappa shape index (κ3) is 5.26. The number of carbonyl (C=O) groups is 1. The Bertz CT molecular complexity index is 1440. The molecule has 0 aliphatic rings. The van der Waals surface area contributed by atoms with Crippen molar-refractivity contribution in [3.05, 3.63) is 69.1 Å². The molecule has 6 nitrogen and oxygen atoms in total. The molecule has 2 aromatic carbocycles. The molecule has 0 spiro atoms. The van der Waals surface area contributed by atoms with Gasteiger partial charge in [0.1, 0.15) is 5.75 Å². The van der Waals surface area contributed by atoms with Gasteiger partial charge in [0.2, 0.25) is 0 Å². The summed E-state index contributed by atoms with van der Waals surface area (Å²) in [4.78, 5) is 11.5. The Labute approximate surface area is 223 Å². The second-order valence-corrected chi connectivity index (χ2v) is 10.1. The Morgan fingerprint density at radius 2 is 1.78 bits per heavy atom. The normalized spacial score (nSPS) is 11.4. The van der Waals surface area contributed by atoms with E-state index in [1.807, 2.05) is 37.6 Å². The van der Waals surface area contributed by atoms with E-state index >= 15 is 0 Å². The van der Waals surface area contributed by atoms with E-state index in [2.05, 4.69) is 43.5 Å². The van der Waals surface area contributed by atoms with Gasteiger partial charge in [0.15, 0.2) is 0 Å². The monoisotopic (exact) mass is 521 g/mol. The molecule has 0 fully saturated rings. The van der Waals surface area contributed by atoms with Crippen LogP contribution in [0.3, 0.4) is 0 Å². The lowest BCUT2D eigenvalue weighted by atomic mass is 9.98. The van der Waals surface area contributed by atoms with Gasteiger partial charge in [-0.3, -0.25) is 9.48 Å². The molecular weight excluding hydrogens is 486 g/mol. The lowest BCUT2D eigenvalue weighted by Crippen LogP contribution is -2.07. The van der Waals surface area contributed by atoms with Gasteiger partial charge in [0.05, 0.1) is 24.2 Å². The van der Waals surface area contributed by atoms with Gasteiger partial charge in [-0.15, -0.1) is 0 Å². The number of aryl methyl sites for hydroxylation is 6. The minimum atomic E-state index is -0.798. The summed E-state index contributed by atoms with van der Waals surface area (Å²) in [5.74, 6) is 0.0366. The molecule has 1 N–H and O–H groups in total. The summed E-state index contributed by atoms with van der Waals surface area (Å²) in [7, 11) is 0. The molecule has 0 aliphatic heterocycles. The van der Waals surface area contributed by atoms with E-state index in [9.17, 15) is 9.90 Å². The van der Waals surface area contributed by atoms with Crippen LogP contribution in [0.15, 0.2) is 30.3 Å². The third-order valence-corrected chi connectivity index (χ3v) is 7.82. The quantitative estimate of drug-likeness (QED) is 0.224. The molecule has 0 aliphatic carbocycles. The van der Waals surface area contributed by atoms with Gasteiger partial charge < -0.3 is 14.4 Å². The molecule has 2 heterocycles. The zero-order valence-electron chi connectivity index (χ0n) is 22.6. The lowest BCUT2D eigenvalue weighted by molar-refractivity contribution is -0.137. The Balaban J connectivity index is 1.69. The molecule has 4 rings (SSSR count). The average Bonchev–Trinajstić information content (AvgIpc) is 3.30. The topological polar surface area (TPSA) is 69.3 Å². The number of benzene rings is 2. The fraction of sp³-hybridized carbons (Fsp3) is 0.400. The van der Waals surface area contributed by atoms with Gasteiger partial charge in [-0.05, 0) is 83.2 Å². The summed E-state index contributed by atoms with van der Waals surface area (Å²) in [6.07, 6.45) is 1.75. The third-order valence-electron chi connectivity index (χ3n) is 7.22. The Morgan fingerprint density at radius 3 is 2.41 bits per heavy atom. The van der Waals surface area contributed by atoms with Crippen molar-refractivity contribution in [3.8, 4) is 16.9 Å². The maximum Gasteiger partial charge on any atom is 0.305 e. The molecular formula is C30H36ClN3O3. The molecule has 0 saturated heterocycles. The largest absolute Gasteiger partial charge is 0.494 e. The van der Waals surface area contributed by atoms with Crippen LogP contribution in [0.1, 0.15) is 53.5 Å². The summed E-state index contributed by atoms with van der Waals surface area (Å²) in [6.45, 7) is 14.1. The standard InChI is InChI=1S/C30H36ClN3O3/c1-7-34-22(6)28(20(4)32-34)26-11-8-10-25-24(21(5)33(30(25)26)14-13-27(35)36)12-9-15-37-23-16-18(2)29(31)19(3)17-23/h8,10-11,16-17H,7,9,12-15H2,1-6H3,(H,35,36). The molecule has 0 unspecified atom stereocenters. The second-order valence-electron chi connectivity index (χ2n) is 9.75. The van der Waals surface area contributed by atoms with Gasteiger partial charge in [-0.2, -0.15) is 5.10 Å². The summed E-state index contributed by atoms with van der Waals surface area (Å²) in [5.41, 5.74) is 9.81. The van der Waals surface area contributed by atoms with E-state index < -0.39 is 5.97 Å². The van der Waals surface area contributed by atoms with Crippen LogP contribution in [-0.4, -0.2) is 32.0 Å². The van der Waals surface area contributed by atoms with Gasteiger partial charge in [-0.1, -0.05) is 29.8 Å². The molecule has 0 radical (unpaired) electrons. The van der Waals surface area contributed by atoms with Crippen LogP contribution in [0.2, 0.25) is 5.02 Å². The minimum absolute atomic E-state index is 0.0724. The van der Waals surface area contributed by atoms with Gasteiger partial charge in [-0.25, -0.2) is 0 Å². The van der Waals surface area contributed by atoms with E-state index in [0.29, 0.717) is 13.2 Å². The first-order valence-electron chi connectivity index (χ1n) is 12.9. The number of rotatable bonds is 10. The van der Waals surface area contributed by atoms with Crippen molar-refractivity contribution in [2.75, 3.05) is 6.61 Å². The van der Waals surface area contributed by atoms with Crippen LogP contribution >= 0.6 is 11.6 Å². The molecule has 2 aromatic heterocycles. The lowest BCUT2D eigenvalue weighted by Gasteiger charge is -2.12. The summed E-state index contributed by atoms with van der Waals surface area (Å²) in [5, 5.41) is 16.1. The second kappa shape index (κ2) is 11.0. The zero-order valence-corrected chi connectivity index (χ0v) is 23.4. The molecule has 4 aromatic rings. The number of aliphatic carboxylic acids is 1. The van der Waals surface area contributed by atoms with Crippen molar-refractivity contribution in [2.24, 2.45) is 0 Å². The Hall–Kier alpha value is -3.25. The highest BCUT2D eigenvalue weighted by Crippen LogP contribution is 2.38. The van der Waals surface area contributed by atoms with Crippen molar-refractivity contribution in [1.29, 1.82) is 0 Å². The van der Waals surface area contributed by atoms with E-state index in [4.69, 9.17) is 21.4 Å². The van der Waals surface area contributed by atoms with Crippen molar-refractivity contribution in [2.45, 2.75) is 73.9 Å². The van der Waals surface area contributed by atoms with Crippen molar-refractivity contribution in [3.63, 3.8) is 0 Å². The van der Waals surface area contributed by atoms with E-state index in [-0.39, 0.29) is 6.42 Å². The molecule has 0 saturated carbocycles. The highest BCUT2D eigenvalue weighted by atomic mass is 35.5. The molecule has 37 heavy (non-hydrogen) atoms. The maximum absolute atomic E-state index is 11.5. The van der Waals surface area contributed by atoms with Crippen LogP contribution in [0.5, 0.6) is 5.75 Å². The van der Waals surface area contributed by atoms with Crippen molar-refractivity contribution >= 4 is 28.5 Å². The highest BCUT2D eigenvalue weighted by Gasteiger charge is 2.21. The number of nitrogens with zero attached hydrogens (tertiary/aromatic N) is 3. The highest BCUT2D eigenvalue weighted by molar-refractivity contribution is 6.32. The Morgan fingerprint density at radius 1 is 1.08 bits per heavy atom. The smallest absolute Gasteiger partial charge is 0.305 e. The summed E-state index contributed by atoms with van der Waals surface area (Å²) >= 11 is 6.30. The number of fused-ring (bicyclic) bond motifs is 1. The zero-order chi connectivity index (χ0) is 26.9. The van der Waals surface area contributed by atoms with Crippen LogP contribution in [-0.2, 0) is 24.3 Å². The van der Waals surface area contributed by atoms with Gasteiger partial charge >= 0.3 is 5.97 Å². The summed E-state index contributed by atoms with van der Waals surface area (Å²) < 4.78 is 10.3.